The lowest BCUT2D eigenvalue weighted by Gasteiger charge is -2.31. The minimum Gasteiger partial charge on any atom is -0.462 e. The summed E-state index contributed by atoms with van der Waals surface area (Å²) in [4.78, 5) is 37.8. The van der Waals surface area contributed by atoms with Gasteiger partial charge in [0, 0.05) is 6.20 Å². The highest BCUT2D eigenvalue weighted by molar-refractivity contribution is 7.52. The molecule has 1 aliphatic rings. The van der Waals surface area contributed by atoms with Crippen LogP contribution >= 0.6 is 19.3 Å². The second-order valence-corrected chi connectivity index (χ2v) is 10.9. The van der Waals surface area contributed by atoms with Crippen LogP contribution in [-0.4, -0.2) is 63.7 Å². The number of H-pyrrole nitrogens is 1. The second kappa shape index (κ2) is 12.2. The molecule has 0 radical (unpaired) electrons. The van der Waals surface area contributed by atoms with Gasteiger partial charge in [0.1, 0.15) is 22.9 Å². The summed E-state index contributed by atoms with van der Waals surface area (Å²) in [6.45, 7) is 2.90. The van der Waals surface area contributed by atoms with E-state index >= 15 is 4.39 Å². The van der Waals surface area contributed by atoms with Crippen molar-refractivity contribution in [3.05, 3.63) is 62.4 Å². The Morgan fingerprint density at radius 2 is 1.92 bits per heavy atom. The maximum absolute atomic E-state index is 15.3. The van der Waals surface area contributed by atoms with Crippen LogP contribution in [0.5, 0.6) is 5.75 Å². The molecule has 17 heteroatoms. The molecule has 0 aliphatic carbocycles. The minimum atomic E-state index is -4.74. The van der Waals surface area contributed by atoms with Gasteiger partial charge < -0.3 is 19.1 Å². The third kappa shape index (κ3) is 6.91. The second-order valence-electron chi connectivity index (χ2n) is 8.81. The SMILES string of the molecule is CC(C)OC(=O)C(C)NP(=O)(OCC1(C(F)F)OC(n2cc(Cl)c(=O)[nH]c2=O)C(O)C1F)Oc1ccccc1. The third-order valence-corrected chi connectivity index (χ3v) is 7.35. The van der Waals surface area contributed by atoms with Crippen LogP contribution in [0, 0.1) is 0 Å². The van der Waals surface area contributed by atoms with Crippen LogP contribution in [0.3, 0.4) is 0 Å². The quantitative estimate of drug-likeness (QED) is 0.259. The highest BCUT2D eigenvalue weighted by Crippen LogP contribution is 2.49. The lowest BCUT2D eigenvalue weighted by Crippen LogP contribution is -2.51. The Labute approximate surface area is 224 Å². The van der Waals surface area contributed by atoms with Gasteiger partial charge in [-0.3, -0.25) is 23.7 Å². The molecule has 1 aromatic heterocycles. The van der Waals surface area contributed by atoms with E-state index in [1.807, 2.05) is 0 Å². The monoisotopic (exact) mass is 599 g/mol. The third-order valence-electron chi connectivity index (χ3n) is 5.45. The first kappa shape index (κ1) is 30.9. The van der Waals surface area contributed by atoms with Gasteiger partial charge in [-0.15, -0.1) is 0 Å². The summed E-state index contributed by atoms with van der Waals surface area (Å²) < 4.78 is 78.7. The molecule has 2 aromatic rings. The molecule has 12 nitrogen and oxygen atoms in total. The maximum Gasteiger partial charge on any atom is 0.459 e. The van der Waals surface area contributed by atoms with Gasteiger partial charge in [-0.05, 0) is 32.9 Å². The molecule has 1 aliphatic heterocycles. The van der Waals surface area contributed by atoms with Crippen molar-refractivity contribution in [2.75, 3.05) is 6.61 Å². The number of esters is 1. The van der Waals surface area contributed by atoms with Crippen LogP contribution in [0.1, 0.15) is 27.0 Å². The van der Waals surface area contributed by atoms with E-state index in [0.29, 0.717) is 10.8 Å². The molecule has 3 N–H and O–H groups in total. The number of hydrogen-bond donors (Lipinski definition) is 3. The van der Waals surface area contributed by atoms with Gasteiger partial charge in [-0.1, -0.05) is 29.8 Å². The topological polar surface area (TPSA) is 158 Å². The van der Waals surface area contributed by atoms with Gasteiger partial charge in [0.2, 0.25) is 0 Å². The van der Waals surface area contributed by atoms with Crippen LogP contribution < -0.4 is 20.9 Å². The van der Waals surface area contributed by atoms with Crippen molar-refractivity contribution in [2.45, 2.75) is 63.4 Å². The number of benzene rings is 1. The average molecular weight is 600 g/mol. The Bertz CT molecular complexity index is 1330. The van der Waals surface area contributed by atoms with Crippen molar-refractivity contribution in [3.8, 4) is 5.75 Å². The highest BCUT2D eigenvalue weighted by Gasteiger charge is 2.63. The molecule has 0 saturated carbocycles. The smallest absolute Gasteiger partial charge is 0.459 e. The molecule has 6 atom stereocenters. The first-order valence-corrected chi connectivity index (χ1v) is 13.4. The number of aliphatic hydroxyl groups is 1. The fraction of sp³-hybridized carbons (Fsp3) is 0.500. The number of carbonyl (C=O) groups is 1. The highest BCUT2D eigenvalue weighted by atomic mass is 35.5. The molecule has 6 unspecified atom stereocenters. The van der Waals surface area contributed by atoms with Crippen molar-refractivity contribution in [1.82, 2.24) is 14.6 Å². The number of hydrogen-bond acceptors (Lipinski definition) is 9. The van der Waals surface area contributed by atoms with Crippen LogP contribution in [0.15, 0.2) is 46.1 Å². The zero-order chi connectivity index (χ0) is 29.1. The standard InChI is InChI=1S/C22H26ClF3N3O9P/c1-11(2)36-19(32)12(3)28-39(34,38-13-7-5-4-6-8-13)35-10-22(20(25)26)16(24)15(30)18(37-22)29-9-14(23)17(31)27-21(29)33/h4-9,11-12,15-16,18,20,30H,10H2,1-3H3,(H,28,34)(H,27,31,33). The van der Waals surface area contributed by atoms with Crippen molar-refractivity contribution >= 4 is 25.3 Å². The Hall–Kier alpha value is -2.68. The fourth-order valence-electron chi connectivity index (χ4n) is 3.53. The van der Waals surface area contributed by atoms with Crippen molar-refractivity contribution in [3.63, 3.8) is 0 Å². The predicted molar refractivity (Wildman–Crippen MR) is 131 cm³/mol. The van der Waals surface area contributed by atoms with E-state index in [9.17, 15) is 32.8 Å². The summed E-state index contributed by atoms with van der Waals surface area (Å²) in [5.74, 6) is -0.931. The molecule has 1 fully saturated rings. The molecule has 2 heterocycles. The van der Waals surface area contributed by atoms with E-state index in [1.165, 1.54) is 31.2 Å². The molecule has 0 bridgehead atoms. The van der Waals surface area contributed by atoms with Crippen LogP contribution in [-0.2, 0) is 23.4 Å². The fourth-order valence-corrected chi connectivity index (χ4v) is 5.22. The zero-order valence-corrected chi connectivity index (χ0v) is 22.4. The number of nitrogens with one attached hydrogen (secondary N) is 2. The molecule has 1 aromatic carbocycles. The molecule has 1 saturated heterocycles. The Morgan fingerprint density at radius 3 is 2.51 bits per heavy atom. The van der Waals surface area contributed by atoms with E-state index < -0.39 is 79.3 Å². The molecule has 3 rings (SSSR count). The Kier molecular flexibility index (Phi) is 9.68. The first-order valence-electron chi connectivity index (χ1n) is 11.5. The van der Waals surface area contributed by atoms with E-state index in [2.05, 4.69) is 5.09 Å². The van der Waals surface area contributed by atoms with Gasteiger partial charge in [0.15, 0.2) is 18.0 Å². The number of aromatic amines is 1. The average Bonchev–Trinajstić information content (AvgIpc) is 3.11. The molecule has 0 spiro atoms. The number of aliphatic hydroxyl groups excluding tert-OH is 1. The molecular formula is C22H26ClF3N3O9P. The molecule has 216 valence electrons. The largest absolute Gasteiger partial charge is 0.462 e. The predicted octanol–water partition coefficient (Wildman–Crippen LogP) is 2.56. The first-order chi connectivity index (χ1) is 18.2. The Balaban J connectivity index is 1.92. The van der Waals surface area contributed by atoms with Gasteiger partial charge in [0.25, 0.3) is 12.0 Å². The van der Waals surface area contributed by atoms with E-state index in [-0.39, 0.29) is 5.75 Å². The molecular weight excluding hydrogens is 574 g/mol. The van der Waals surface area contributed by atoms with Gasteiger partial charge in [-0.2, -0.15) is 5.09 Å². The number of para-hydroxylation sites is 1. The van der Waals surface area contributed by atoms with Crippen LogP contribution in [0.2, 0.25) is 5.02 Å². The van der Waals surface area contributed by atoms with Crippen LogP contribution in [0.4, 0.5) is 13.2 Å². The van der Waals surface area contributed by atoms with E-state index in [4.69, 9.17) is 30.1 Å². The van der Waals surface area contributed by atoms with Gasteiger partial charge in [-0.25, -0.2) is 22.5 Å². The number of nitrogens with zero attached hydrogens (tertiary/aromatic N) is 1. The van der Waals surface area contributed by atoms with Gasteiger partial charge in [0.05, 0.1) is 12.7 Å². The normalized spacial score (nSPS) is 25.4. The van der Waals surface area contributed by atoms with Crippen LogP contribution in [0.25, 0.3) is 0 Å². The van der Waals surface area contributed by atoms with E-state index in [1.54, 1.807) is 24.9 Å². The number of aromatic nitrogens is 2. The summed E-state index contributed by atoms with van der Waals surface area (Å²) in [7, 11) is -4.74. The molecule has 39 heavy (non-hydrogen) atoms. The van der Waals surface area contributed by atoms with Crippen molar-refractivity contribution in [2.24, 2.45) is 0 Å². The minimum absolute atomic E-state index is 0.0552. The van der Waals surface area contributed by atoms with E-state index in [0.717, 1.165) is 0 Å². The lowest BCUT2D eigenvalue weighted by molar-refractivity contribution is -0.183. The summed E-state index contributed by atoms with van der Waals surface area (Å²) in [6, 6.07) is 5.98. The number of carbonyl (C=O) groups excluding carboxylic acids is 1. The number of alkyl halides is 3. The molecule has 0 amide bonds. The summed E-state index contributed by atoms with van der Waals surface area (Å²) >= 11 is 5.68. The summed E-state index contributed by atoms with van der Waals surface area (Å²) in [5.41, 5.74) is -5.52. The number of ether oxygens (including phenoxy) is 2. The van der Waals surface area contributed by atoms with Crippen molar-refractivity contribution in [1.29, 1.82) is 0 Å². The zero-order valence-electron chi connectivity index (χ0n) is 20.8. The Morgan fingerprint density at radius 1 is 1.28 bits per heavy atom. The number of halogens is 4. The maximum atomic E-state index is 15.3. The lowest BCUT2D eigenvalue weighted by atomic mass is 9.98. The number of rotatable bonds is 11. The van der Waals surface area contributed by atoms with Crippen molar-refractivity contribution < 1.29 is 46.2 Å². The van der Waals surface area contributed by atoms with Gasteiger partial charge >= 0.3 is 19.4 Å². The summed E-state index contributed by atoms with van der Waals surface area (Å²) in [5, 5.41) is 12.1. The summed E-state index contributed by atoms with van der Waals surface area (Å²) in [6.07, 6.45) is -10.9.